The molecule has 0 aliphatic carbocycles. The molecular weight excluding hydrogens is 181 g/mol. The van der Waals surface area contributed by atoms with Crippen LogP contribution < -0.4 is 0 Å². The fourth-order valence-corrected chi connectivity index (χ4v) is 1.55. The number of esters is 1. The summed E-state index contributed by atoms with van der Waals surface area (Å²) in [7, 11) is 7.95. The molecule has 14 heavy (non-hydrogen) atoms. The van der Waals surface area contributed by atoms with Gasteiger partial charge in [0.25, 0.3) is 0 Å². The minimum absolute atomic E-state index is 0.427. The fraction of sp³-hybridized carbons (Fsp3) is 0.778. The van der Waals surface area contributed by atoms with Gasteiger partial charge in [-0.2, -0.15) is 0 Å². The zero-order valence-electron chi connectivity index (χ0n) is 9.16. The molecule has 0 aliphatic heterocycles. The lowest BCUT2D eigenvalue weighted by atomic mass is 9.89. The molecule has 0 aliphatic rings. The molecule has 5 heteroatoms. The Labute approximate surface area is 86.0 Å². The molecule has 0 heterocycles. The third-order valence-electron chi connectivity index (χ3n) is 2.71. The number of rotatable bonds is 4. The maximum absolute atomic E-state index is 11.6. The number of hydrogen-bond donors (Lipinski definition) is 0. The zero-order chi connectivity index (χ0) is 11.4. The molecule has 2 radical (unpaired) electrons. The van der Waals surface area contributed by atoms with E-state index in [0.717, 1.165) is 0 Å². The smallest absolute Gasteiger partial charge is 0.331 e. The molecule has 0 aromatic rings. The summed E-state index contributed by atoms with van der Waals surface area (Å²) in [6, 6.07) is 0. The second-order valence-corrected chi connectivity index (χ2v) is 3.13. The average Bonchev–Trinajstić information content (AvgIpc) is 2.19. The maximum atomic E-state index is 11.6. The van der Waals surface area contributed by atoms with Crippen LogP contribution >= 0.6 is 0 Å². The van der Waals surface area contributed by atoms with E-state index in [2.05, 4.69) is 4.74 Å². The van der Waals surface area contributed by atoms with E-state index in [1.54, 1.807) is 0 Å². The summed E-state index contributed by atoms with van der Waals surface area (Å²) in [5.41, 5.74) is -0.930. The first kappa shape index (κ1) is 13.0. The van der Waals surface area contributed by atoms with E-state index in [1.165, 1.54) is 19.1 Å². The van der Waals surface area contributed by atoms with Gasteiger partial charge in [0.15, 0.2) is 5.81 Å². The Bertz CT molecular complexity index is 226. The first-order valence-corrected chi connectivity index (χ1v) is 4.58. The number of methoxy groups -OCH3 is 1. The number of carbonyl (C=O) groups excluding carboxylic acids is 2. The van der Waals surface area contributed by atoms with Crippen LogP contribution in [0.1, 0.15) is 26.7 Å². The van der Waals surface area contributed by atoms with Crippen LogP contribution in [0.4, 0.5) is 4.79 Å². The fourth-order valence-electron chi connectivity index (χ4n) is 1.55. The van der Waals surface area contributed by atoms with E-state index < -0.39 is 17.3 Å². The van der Waals surface area contributed by atoms with Crippen LogP contribution in [0.3, 0.4) is 0 Å². The van der Waals surface area contributed by atoms with E-state index in [9.17, 15) is 9.59 Å². The SMILES string of the molecule is [B]C(=O)N(C)C(CC)(CC)C(=O)OC. The Morgan fingerprint density at radius 3 is 2.00 bits per heavy atom. The summed E-state index contributed by atoms with van der Waals surface area (Å²) in [6.45, 7) is 3.64. The highest BCUT2D eigenvalue weighted by Gasteiger charge is 2.41. The van der Waals surface area contributed by atoms with Gasteiger partial charge in [-0.25, -0.2) is 4.79 Å². The molecule has 0 saturated heterocycles. The van der Waals surface area contributed by atoms with E-state index in [0.29, 0.717) is 12.8 Å². The lowest BCUT2D eigenvalue weighted by molar-refractivity contribution is -0.153. The highest BCUT2D eigenvalue weighted by atomic mass is 16.5. The first-order chi connectivity index (χ1) is 6.46. The van der Waals surface area contributed by atoms with Gasteiger partial charge in [-0.1, -0.05) is 13.8 Å². The normalized spacial score (nSPS) is 10.9. The Hall–Kier alpha value is -0.995. The largest absolute Gasteiger partial charge is 0.467 e. The molecule has 0 aromatic heterocycles. The van der Waals surface area contributed by atoms with Crippen molar-refractivity contribution in [3.8, 4) is 0 Å². The summed E-state index contributed by atoms with van der Waals surface area (Å²) >= 11 is 0. The lowest BCUT2D eigenvalue weighted by Gasteiger charge is -2.37. The van der Waals surface area contributed by atoms with Crippen LogP contribution in [0, 0.1) is 0 Å². The van der Waals surface area contributed by atoms with Crippen molar-refractivity contribution in [2.75, 3.05) is 14.2 Å². The summed E-state index contributed by atoms with van der Waals surface area (Å²) in [5.74, 6) is -1.05. The third-order valence-corrected chi connectivity index (χ3v) is 2.71. The quantitative estimate of drug-likeness (QED) is 0.497. The summed E-state index contributed by atoms with van der Waals surface area (Å²) in [5, 5.41) is 0. The van der Waals surface area contributed by atoms with Crippen LogP contribution in [0.5, 0.6) is 0 Å². The van der Waals surface area contributed by atoms with Crippen molar-refractivity contribution in [3.05, 3.63) is 0 Å². The van der Waals surface area contributed by atoms with Crippen LogP contribution in [0.2, 0.25) is 0 Å². The van der Waals surface area contributed by atoms with Crippen LogP contribution in [-0.2, 0) is 9.53 Å². The second kappa shape index (κ2) is 5.03. The minimum Gasteiger partial charge on any atom is -0.467 e. The van der Waals surface area contributed by atoms with Crippen LogP contribution in [0.15, 0.2) is 0 Å². The Morgan fingerprint density at radius 2 is 1.79 bits per heavy atom. The first-order valence-electron chi connectivity index (χ1n) is 4.58. The van der Waals surface area contributed by atoms with E-state index in [-0.39, 0.29) is 0 Å². The summed E-state index contributed by atoms with van der Waals surface area (Å²) < 4.78 is 4.68. The van der Waals surface area contributed by atoms with Gasteiger partial charge in [0.1, 0.15) is 5.54 Å². The Morgan fingerprint density at radius 1 is 1.36 bits per heavy atom. The number of hydrogen-bond acceptors (Lipinski definition) is 3. The van der Waals surface area contributed by atoms with Crippen molar-refractivity contribution in [3.63, 3.8) is 0 Å². The van der Waals surface area contributed by atoms with E-state index in [1.807, 2.05) is 13.8 Å². The second-order valence-electron chi connectivity index (χ2n) is 3.13. The number of ether oxygens (including phenoxy) is 1. The van der Waals surface area contributed by atoms with Gasteiger partial charge in [0.2, 0.25) is 7.85 Å². The molecular formula is C9H16BNO3. The topological polar surface area (TPSA) is 46.6 Å². The molecule has 0 spiro atoms. The van der Waals surface area contributed by atoms with Crippen molar-refractivity contribution >= 4 is 19.6 Å². The molecule has 0 bridgehead atoms. The van der Waals surface area contributed by atoms with E-state index >= 15 is 0 Å². The molecule has 0 aromatic carbocycles. The Balaban J connectivity index is 5.05. The van der Waals surface area contributed by atoms with Crippen molar-refractivity contribution < 1.29 is 14.3 Å². The minimum atomic E-state index is -0.930. The number of nitrogens with zero attached hydrogens (tertiary/aromatic N) is 1. The van der Waals surface area contributed by atoms with Gasteiger partial charge in [-0.15, -0.1) is 0 Å². The zero-order valence-corrected chi connectivity index (χ0v) is 9.16. The molecule has 0 saturated carbocycles. The average molecular weight is 197 g/mol. The molecule has 0 fully saturated rings. The van der Waals surface area contributed by atoms with Crippen molar-refractivity contribution in [2.24, 2.45) is 0 Å². The molecule has 0 atom stereocenters. The lowest BCUT2D eigenvalue weighted by Crippen LogP contribution is -2.54. The molecule has 0 unspecified atom stereocenters. The standard InChI is InChI=1S/C9H16BNO3/c1-5-9(6-2,7(12)14-4)11(3)8(10)13/h5-6H2,1-4H3. The van der Waals surface area contributed by atoms with Gasteiger partial charge < -0.3 is 9.64 Å². The highest BCUT2D eigenvalue weighted by molar-refractivity contribution is 6.57. The van der Waals surface area contributed by atoms with Crippen molar-refractivity contribution in [1.82, 2.24) is 4.90 Å². The monoisotopic (exact) mass is 197 g/mol. The molecule has 78 valence electrons. The molecule has 1 amide bonds. The molecule has 4 nitrogen and oxygen atoms in total. The maximum Gasteiger partial charge on any atom is 0.331 e. The summed E-state index contributed by atoms with van der Waals surface area (Å²) in [6.07, 6.45) is 0.964. The van der Waals surface area contributed by atoms with E-state index in [4.69, 9.17) is 7.85 Å². The molecule has 0 N–H and O–H groups in total. The predicted molar refractivity (Wildman–Crippen MR) is 54.2 cm³/mol. The van der Waals surface area contributed by atoms with Gasteiger partial charge in [-0.3, -0.25) is 4.79 Å². The summed E-state index contributed by atoms with van der Waals surface area (Å²) in [4.78, 5) is 23.8. The highest BCUT2D eigenvalue weighted by Crippen LogP contribution is 2.24. The number of amides is 1. The predicted octanol–water partition coefficient (Wildman–Crippen LogP) is 0.938. The van der Waals surface area contributed by atoms with Crippen molar-refractivity contribution in [2.45, 2.75) is 32.2 Å². The third kappa shape index (κ3) is 2.08. The van der Waals surface area contributed by atoms with Crippen LogP contribution in [-0.4, -0.2) is 44.2 Å². The number of carbonyl (C=O) groups is 2. The van der Waals surface area contributed by atoms with Gasteiger partial charge in [0.05, 0.1) is 7.11 Å². The number of likely N-dealkylation sites (N-methyl/N-ethyl adjacent to an activating group) is 1. The molecule has 0 rings (SSSR count). The van der Waals surface area contributed by atoms with Crippen molar-refractivity contribution in [1.29, 1.82) is 0 Å². The van der Waals surface area contributed by atoms with Crippen LogP contribution in [0.25, 0.3) is 0 Å². The Kier molecular flexibility index (Phi) is 4.67. The van der Waals surface area contributed by atoms with Gasteiger partial charge in [0, 0.05) is 7.05 Å². The van der Waals surface area contributed by atoms with Gasteiger partial charge >= 0.3 is 5.97 Å². The van der Waals surface area contributed by atoms with Gasteiger partial charge in [-0.05, 0) is 12.8 Å².